The van der Waals surface area contributed by atoms with Crippen LogP contribution in [0.15, 0.2) is 30.3 Å². The maximum atomic E-state index is 5.12. The molecule has 1 aliphatic heterocycles. The first-order valence-corrected chi connectivity index (χ1v) is 5.58. The zero-order valence-corrected chi connectivity index (χ0v) is 8.99. The van der Waals surface area contributed by atoms with E-state index in [1.807, 2.05) is 6.07 Å². The summed E-state index contributed by atoms with van der Waals surface area (Å²) in [6.45, 7) is 2.17. The number of thioether (sulfide) groups is 1. The van der Waals surface area contributed by atoms with Gasteiger partial charge in [-0.3, -0.25) is 0 Å². The minimum Gasteiger partial charge on any atom is -0.367 e. The molecule has 2 atom stereocenters. The lowest BCUT2D eigenvalue weighted by atomic mass is 10.1. The Bertz CT molecular complexity index is 310. The number of rotatable bonds is 1. The lowest BCUT2D eigenvalue weighted by molar-refractivity contribution is 0.674. The zero-order chi connectivity index (χ0) is 9.26. The Hall–Kier alpha value is -0.540. The second kappa shape index (κ2) is 3.68. The molecule has 1 N–H and O–H groups in total. The van der Waals surface area contributed by atoms with Gasteiger partial charge < -0.3 is 5.32 Å². The number of thiocarbonyl (C=S) groups is 1. The molecule has 0 unspecified atom stereocenters. The van der Waals surface area contributed by atoms with E-state index in [0.29, 0.717) is 11.3 Å². The van der Waals surface area contributed by atoms with Crippen LogP contribution in [0.5, 0.6) is 0 Å². The van der Waals surface area contributed by atoms with Gasteiger partial charge in [0, 0.05) is 6.04 Å². The molecule has 13 heavy (non-hydrogen) atoms. The Morgan fingerprint density at radius 1 is 1.31 bits per heavy atom. The monoisotopic (exact) mass is 209 g/mol. The Morgan fingerprint density at radius 3 is 2.54 bits per heavy atom. The summed E-state index contributed by atoms with van der Waals surface area (Å²) in [5.41, 5.74) is 1.35. The van der Waals surface area contributed by atoms with Crippen molar-refractivity contribution in [2.45, 2.75) is 18.2 Å². The van der Waals surface area contributed by atoms with E-state index in [4.69, 9.17) is 12.2 Å². The Kier molecular flexibility index (Phi) is 2.56. The summed E-state index contributed by atoms with van der Waals surface area (Å²) in [5.74, 6) is 0. The summed E-state index contributed by atoms with van der Waals surface area (Å²) in [5, 5.41) is 3.74. The molecule has 1 aromatic rings. The average molecular weight is 209 g/mol. The molecule has 68 valence electrons. The molecule has 1 aliphatic rings. The van der Waals surface area contributed by atoms with Crippen molar-refractivity contribution in [2.24, 2.45) is 0 Å². The van der Waals surface area contributed by atoms with Crippen LogP contribution in [0.3, 0.4) is 0 Å². The van der Waals surface area contributed by atoms with Crippen molar-refractivity contribution < 1.29 is 0 Å². The van der Waals surface area contributed by atoms with Crippen molar-refractivity contribution in [3.63, 3.8) is 0 Å². The molecule has 1 aromatic carbocycles. The topological polar surface area (TPSA) is 12.0 Å². The Labute approximate surface area is 87.9 Å². The third kappa shape index (κ3) is 1.86. The average Bonchev–Trinajstić information content (AvgIpc) is 2.47. The standard InChI is InChI=1S/C10H11NS2/c1-7-9(13-10(12)11-7)8-5-3-2-4-6-8/h2-7,9H,1H3,(H,11,12)/t7-,9-/m0/s1. The summed E-state index contributed by atoms with van der Waals surface area (Å²) >= 11 is 6.87. The van der Waals surface area contributed by atoms with Gasteiger partial charge in [-0.1, -0.05) is 54.3 Å². The van der Waals surface area contributed by atoms with Crippen LogP contribution in [0, 0.1) is 0 Å². The van der Waals surface area contributed by atoms with E-state index in [9.17, 15) is 0 Å². The molecular formula is C10H11NS2. The van der Waals surface area contributed by atoms with Crippen LogP contribution in [0.1, 0.15) is 17.7 Å². The molecule has 1 fully saturated rings. The summed E-state index contributed by atoms with van der Waals surface area (Å²) in [7, 11) is 0. The number of benzene rings is 1. The van der Waals surface area contributed by atoms with Crippen molar-refractivity contribution in [3.05, 3.63) is 35.9 Å². The quantitative estimate of drug-likeness (QED) is 0.714. The summed E-state index contributed by atoms with van der Waals surface area (Å²) in [6, 6.07) is 10.9. The van der Waals surface area contributed by atoms with E-state index in [2.05, 4.69) is 36.5 Å². The molecule has 0 aliphatic carbocycles. The van der Waals surface area contributed by atoms with E-state index in [0.717, 1.165) is 4.32 Å². The lowest BCUT2D eigenvalue weighted by Crippen LogP contribution is -2.23. The van der Waals surface area contributed by atoms with Crippen LogP contribution in [0.2, 0.25) is 0 Å². The highest BCUT2D eigenvalue weighted by Crippen LogP contribution is 2.37. The third-order valence-corrected chi connectivity index (χ3v) is 3.83. The van der Waals surface area contributed by atoms with Crippen molar-refractivity contribution in [2.75, 3.05) is 0 Å². The SMILES string of the molecule is C[C@@H]1NC(=S)S[C@@H]1c1ccccc1. The second-order valence-electron chi connectivity index (χ2n) is 3.17. The lowest BCUT2D eigenvalue weighted by Gasteiger charge is -2.12. The number of nitrogens with one attached hydrogen (secondary N) is 1. The van der Waals surface area contributed by atoms with Gasteiger partial charge in [0.05, 0.1) is 5.25 Å². The minimum absolute atomic E-state index is 0.444. The first-order valence-electron chi connectivity index (χ1n) is 4.29. The van der Waals surface area contributed by atoms with Gasteiger partial charge >= 0.3 is 0 Å². The van der Waals surface area contributed by atoms with Crippen molar-refractivity contribution in [1.29, 1.82) is 0 Å². The smallest absolute Gasteiger partial charge is 0.134 e. The zero-order valence-electron chi connectivity index (χ0n) is 7.36. The highest BCUT2D eigenvalue weighted by atomic mass is 32.2. The van der Waals surface area contributed by atoms with Crippen LogP contribution in [-0.4, -0.2) is 10.4 Å². The summed E-state index contributed by atoms with van der Waals surface area (Å²) in [6.07, 6.45) is 0. The van der Waals surface area contributed by atoms with Gasteiger partial charge in [-0.05, 0) is 12.5 Å². The molecule has 0 spiro atoms. The molecule has 1 nitrogen and oxygen atoms in total. The van der Waals surface area contributed by atoms with E-state index >= 15 is 0 Å². The molecule has 0 bridgehead atoms. The third-order valence-electron chi connectivity index (χ3n) is 2.16. The largest absolute Gasteiger partial charge is 0.367 e. The van der Waals surface area contributed by atoms with Gasteiger partial charge in [-0.2, -0.15) is 0 Å². The Morgan fingerprint density at radius 2 is 2.00 bits per heavy atom. The summed E-state index contributed by atoms with van der Waals surface area (Å²) < 4.78 is 0.918. The highest BCUT2D eigenvalue weighted by molar-refractivity contribution is 8.23. The van der Waals surface area contributed by atoms with E-state index in [1.165, 1.54) is 5.56 Å². The molecule has 1 heterocycles. The molecule has 3 heteroatoms. The van der Waals surface area contributed by atoms with E-state index < -0.39 is 0 Å². The summed E-state index contributed by atoms with van der Waals surface area (Å²) in [4.78, 5) is 0. The van der Waals surface area contributed by atoms with Crippen molar-refractivity contribution >= 4 is 28.3 Å². The van der Waals surface area contributed by atoms with Crippen LogP contribution in [0.25, 0.3) is 0 Å². The van der Waals surface area contributed by atoms with Gasteiger partial charge in [0.15, 0.2) is 0 Å². The normalized spacial score (nSPS) is 27.3. The predicted octanol–water partition coefficient (Wildman–Crippen LogP) is 2.74. The number of hydrogen-bond acceptors (Lipinski definition) is 2. The Balaban J connectivity index is 2.23. The molecule has 0 radical (unpaired) electrons. The number of hydrogen-bond donors (Lipinski definition) is 1. The van der Waals surface area contributed by atoms with Gasteiger partial charge in [-0.25, -0.2) is 0 Å². The predicted molar refractivity (Wildman–Crippen MR) is 62.0 cm³/mol. The fourth-order valence-electron chi connectivity index (χ4n) is 1.51. The molecule has 2 rings (SSSR count). The van der Waals surface area contributed by atoms with E-state index in [-0.39, 0.29) is 0 Å². The maximum Gasteiger partial charge on any atom is 0.134 e. The van der Waals surface area contributed by atoms with Crippen LogP contribution < -0.4 is 5.32 Å². The van der Waals surface area contributed by atoms with Gasteiger partial charge in [0.2, 0.25) is 0 Å². The highest BCUT2D eigenvalue weighted by Gasteiger charge is 2.28. The van der Waals surface area contributed by atoms with Crippen LogP contribution >= 0.6 is 24.0 Å². The maximum absolute atomic E-state index is 5.12. The molecule has 0 amide bonds. The first kappa shape index (κ1) is 9.03. The van der Waals surface area contributed by atoms with Gasteiger partial charge in [0.1, 0.15) is 4.32 Å². The molecular weight excluding hydrogens is 198 g/mol. The fraction of sp³-hybridized carbons (Fsp3) is 0.300. The molecule has 0 aromatic heterocycles. The van der Waals surface area contributed by atoms with Gasteiger partial charge in [-0.15, -0.1) is 0 Å². The molecule has 0 saturated carbocycles. The molecule has 1 saturated heterocycles. The first-order chi connectivity index (χ1) is 6.27. The van der Waals surface area contributed by atoms with E-state index in [1.54, 1.807) is 11.8 Å². The minimum atomic E-state index is 0.444. The van der Waals surface area contributed by atoms with Crippen molar-refractivity contribution in [1.82, 2.24) is 5.32 Å². The van der Waals surface area contributed by atoms with Crippen molar-refractivity contribution in [3.8, 4) is 0 Å². The van der Waals surface area contributed by atoms with Crippen LogP contribution in [-0.2, 0) is 0 Å². The fourth-order valence-corrected chi connectivity index (χ4v) is 3.06. The van der Waals surface area contributed by atoms with Crippen LogP contribution in [0.4, 0.5) is 0 Å². The second-order valence-corrected chi connectivity index (χ2v) is 4.99. The van der Waals surface area contributed by atoms with Gasteiger partial charge in [0.25, 0.3) is 0 Å².